The largest absolute Gasteiger partial charge is 0.467 e. The summed E-state index contributed by atoms with van der Waals surface area (Å²) in [6.45, 7) is 2.76. The van der Waals surface area contributed by atoms with E-state index in [1.165, 1.54) is 11.3 Å². The molecule has 0 aliphatic heterocycles. The summed E-state index contributed by atoms with van der Waals surface area (Å²) in [5, 5.41) is 3.32. The van der Waals surface area contributed by atoms with Crippen LogP contribution < -0.4 is 0 Å². The van der Waals surface area contributed by atoms with Crippen LogP contribution in [-0.4, -0.2) is 15.8 Å². The normalized spacial score (nSPS) is 11.0. The van der Waals surface area contributed by atoms with Crippen LogP contribution in [0, 0.1) is 6.92 Å². The van der Waals surface area contributed by atoms with Crippen molar-refractivity contribution in [3.05, 3.63) is 87.1 Å². The van der Waals surface area contributed by atoms with Crippen LogP contribution in [0.1, 0.15) is 26.6 Å². The Morgan fingerprint density at radius 1 is 1.19 bits per heavy atom. The highest BCUT2D eigenvalue weighted by Gasteiger charge is 2.20. The van der Waals surface area contributed by atoms with Crippen LogP contribution in [0.3, 0.4) is 0 Å². The monoisotopic (exact) mass is 396 g/mol. The van der Waals surface area contributed by atoms with Gasteiger partial charge in [0.2, 0.25) is 0 Å². The number of rotatable bonds is 5. The van der Waals surface area contributed by atoms with Crippen molar-refractivity contribution in [3.63, 3.8) is 0 Å². The third-order valence-electron chi connectivity index (χ3n) is 4.30. The maximum absolute atomic E-state index is 13.0. The third-order valence-corrected chi connectivity index (χ3v) is 5.49. The van der Waals surface area contributed by atoms with E-state index in [0.29, 0.717) is 23.1 Å². The number of thiophene rings is 1. The maximum Gasteiger partial charge on any atom is 0.264 e. The number of nitrogens with zero attached hydrogens (tertiary/aromatic N) is 2. The van der Waals surface area contributed by atoms with Crippen LogP contribution in [-0.2, 0) is 13.1 Å². The quantitative estimate of drug-likeness (QED) is 0.407. The summed E-state index contributed by atoms with van der Waals surface area (Å²) in [6, 6.07) is 15.4. The summed E-state index contributed by atoms with van der Waals surface area (Å²) in [5.74, 6) is 0.669. The molecule has 4 aromatic rings. The highest BCUT2D eigenvalue weighted by Crippen LogP contribution is 2.25. The molecule has 1 aromatic carbocycles. The molecule has 1 amide bonds. The Morgan fingerprint density at radius 3 is 2.81 bits per heavy atom. The minimum atomic E-state index is -0.0539. The van der Waals surface area contributed by atoms with Gasteiger partial charge in [0.05, 0.1) is 23.2 Å². The Balaban J connectivity index is 1.69. The predicted octanol–water partition coefficient (Wildman–Crippen LogP) is 5.69. The number of aromatic nitrogens is 1. The molecule has 0 N–H and O–H groups in total. The first kappa shape index (κ1) is 17.8. The predicted molar refractivity (Wildman–Crippen MR) is 108 cm³/mol. The molecule has 136 valence electrons. The lowest BCUT2D eigenvalue weighted by atomic mass is 10.1. The lowest BCUT2D eigenvalue weighted by Gasteiger charge is -2.22. The van der Waals surface area contributed by atoms with E-state index in [0.717, 1.165) is 27.8 Å². The fourth-order valence-corrected chi connectivity index (χ4v) is 3.88. The zero-order chi connectivity index (χ0) is 18.8. The second-order valence-electron chi connectivity index (χ2n) is 6.35. The first-order valence-electron chi connectivity index (χ1n) is 8.51. The molecule has 0 fully saturated rings. The second kappa shape index (κ2) is 7.55. The highest BCUT2D eigenvalue weighted by molar-refractivity contribution is 7.12. The standard InChI is InChI=1S/C21H17ClN2O2S/c1-14-6-7-18-15(10-14)11-16(20(22)23-18)12-24(13-17-4-2-8-26-17)21(25)19-5-3-9-27-19/h2-11H,12-13H2,1H3. The molecule has 3 heterocycles. The summed E-state index contributed by atoms with van der Waals surface area (Å²) in [4.78, 5) is 19.9. The van der Waals surface area contributed by atoms with Crippen LogP contribution in [0.5, 0.6) is 0 Å². The summed E-state index contributed by atoms with van der Waals surface area (Å²) >= 11 is 7.85. The first-order valence-corrected chi connectivity index (χ1v) is 9.77. The van der Waals surface area contributed by atoms with Gasteiger partial charge < -0.3 is 9.32 Å². The van der Waals surface area contributed by atoms with Gasteiger partial charge in [-0.25, -0.2) is 4.98 Å². The van der Waals surface area contributed by atoms with Gasteiger partial charge in [-0.2, -0.15) is 0 Å². The van der Waals surface area contributed by atoms with E-state index in [1.54, 1.807) is 11.2 Å². The van der Waals surface area contributed by atoms with Gasteiger partial charge in [-0.05, 0) is 48.7 Å². The molecular formula is C21H17ClN2O2S. The van der Waals surface area contributed by atoms with Crippen molar-refractivity contribution >= 4 is 39.7 Å². The van der Waals surface area contributed by atoms with Gasteiger partial charge in [0.1, 0.15) is 10.9 Å². The third kappa shape index (κ3) is 3.89. The number of hydrogen-bond acceptors (Lipinski definition) is 4. The number of fused-ring (bicyclic) bond motifs is 1. The molecule has 4 rings (SSSR count). The molecule has 0 aliphatic carbocycles. The molecule has 0 spiro atoms. The van der Waals surface area contributed by atoms with Gasteiger partial charge >= 0.3 is 0 Å². The Kier molecular flexibility index (Phi) is 4.97. The van der Waals surface area contributed by atoms with Gasteiger partial charge in [0, 0.05) is 17.5 Å². The number of amides is 1. The molecular weight excluding hydrogens is 380 g/mol. The molecule has 0 saturated carbocycles. The average Bonchev–Trinajstić information content (AvgIpc) is 3.35. The van der Waals surface area contributed by atoms with Crippen LogP contribution in [0.4, 0.5) is 0 Å². The average molecular weight is 397 g/mol. The summed E-state index contributed by atoms with van der Waals surface area (Å²) < 4.78 is 5.45. The summed E-state index contributed by atoms with van der Waals surface area (Å²) in [7, 11) is 0. The van der Waals surface area contributed by atoms with E-state index < -0.39 is 0 Å². The van der Waals surface area contributed by atoms with E-state index in [-0.39, 0.29) is 5.91 Å². The van der Waals surface area contributed by atoms with Gasteiger partial charge in [-0.15, -0.1) is 11.3 Å². The molecule has 0 radical (unpaired) electrons. The second-order valence-corrected chi connectivity index (χ2v) is 7.66. The fourth-order valence-electron chi connectivity index (χ4n) is 2.98. The lowest BCUT2D eigenvalue weighted by molar-refractivity contribution is 0.0722. The highest BCUT2D eigenvalue weighted by atomic mass is 35.5. The topological polar surface area (TPSA) is 46.3 Å². The van der Waals surface area contributed by atoms with E-state index in [9.17, 15) is 4.79 Å². The fraction of sp³-hybridized carbons (Fsp3) is 0.143. The Hall–Kier alpha value is -2.63. The van der Waals surface area contributed by atoms with E-state index in [4.69, 9.17) is 16.0 Å². The van der Waals surface area contributed by atoms with E-state index >= 15 is 0 Å². The maximum atomic E-state index is 13.0. The smallest absolute Gasteiger partial charge is 0.264 e. The Labute approximate surface area is 166 Å². The lowest BCUT2D eigenvalue weighted by Crippen LogP contribution is -2.29. The number of carbonyl (C=O) groups excluding carboxylic acids is 1. The van der Waals surface area contributed by atoms with Crippen LogP contribution in [0.15, 0.2) is 64.6 Å². The number of aryl methyl sites for hydroxylation is 1. The van der Waals surface area contributed by atoms with Crippen LogP contribution in [0.2, 0.25) is 5.15 Å². The molecule has 27 heavy (non-hydrogen) atoms. The van der Waals surface area contributed by atoms with Crippen molar-refractivity contribution in [3.8, 4) is 0 Å². The zero-order valence-corrected chi connectivity index (χ0v) is 16.3. The molecule has 0 unspecified atom stereocenters. The number of hydrogen-bond donors (Lipinski definition) is 0. The summed E-state index contributed by atoms with van der Waals surface area (Å²) in [6.07, 6.45) is 1.61. The van der Waals surface area contributed by atoms with Crippen LogP contribution >= 0.6 is 22.9 Å². The molecule has 6 heteroatoms. The van der Waals surface area contributed by atoms with Gasteiger partial charge in [0.15, 0.2) is 0 Å². The minimum absolute atomic E-state index is 0.0539. The molecule has 3 aromatic heterocycles. The Bertz CT molecular complexity index is 1080. The van der Waals surface area contributed by atoms with Gasteiger partial charge in [-0.3, -0.25) is 4.79 Å². The van der Waals surface area contributed by atoms with Crippen molar-refractivity contribution in [1.29, 1.82) is 0 Å². The SMILES string of the molecule is Cc1ccc2nc(Cl)c(CN(Cc3ccco3)C(=O)c3cccs3)cc2c1. The molecule has 4 nitrogen and oxygen atoms in total. The van der Waals surface area contributed by atoms with Crippen molar-refractivity contribution < 1.29 is 9.21 Å². The van der Waals surface area contributed by atoms with Crippen molar-refractivity contribution in [2.75, 3.05) is 0 Å². The van der Waals surface area contributed by atoms with Gasteiger partial charge in [-0.1, -0.05) is 29.3 Å². The molecule has 0 atom stereocenters. The number of carbonyl (C=O) groups is 1. The molecule has 0 bridgehead atoms. The first-order chi connectivity index (χ1) is 13.1. The van der Waals surface area contributed by atoms with E-state index in [2.05, 4.69) is 11.1 Å². The molecule has 0 saturated heterocycles. The van der Waals surface area contributed by atoms with Crippen molar-refractivity contribution in [2.45, 2.75) is 20.0 Å². The zero-order valence-electron chi connectivity index (χ0n) is 14.7. The number of benzene rings is 1. The summed E-state index contributed by atoms with van der Waals surface area (Å²) in [5.41, 5.74) is 2.81. The number of halogens is 1. The van der Waals surface area contributed by atoms with Crippen molar-refractivity contribution in [2.24, 2.45) is 0 Å². The number of pyridine rings is 1. The van der Waals surface area contributed by atoms with E-state index in [1.807, 2.05) is 54.8 Å². The van der Waals surface area contributed by atoms with Gasteiger partial charge in [0.25, 0.3) is 5.91 Å². The van der Waals surface area contributed by atoms with Crippen LogP contribution in [0.25, 0.3) is 10.9 Å². The van der Waals surface area contributed by atoms with Crippen molar-refractivity contribution in [1.82, 2.24) is 9.88 Å². The minimum Gasteiger partial charge on any atom is -0.467 e. The number of furan rings is 1. The molecule has 0 aliphatic rings. The Morgan fingerprint density at radius 2 is 2.07 bits per heavy atom.